The first-order valence-corrected chi connectivity index (χ1v) is 10.9. The van der Waals surface area contributed by atoms with Gasteiger partial charge in [-0.25, -0.2) is 0 Å². The number of carbonyl (C=O) groups is 1. The average Bonchev–Trinajstić information content (AvgIpc) is 2.82. The molecule has 4 rings (SSSR count). The molecule has 0 saturated heterocycles. The Morgan fingerprint density at radius 2 is 1.57 bits per heavy atom. The maximum Gasteiger partial charge on any atom is 0.226 e. The van der Waals surface area contributed by atoms with Gasteiger partial charge in [0.15, 0.2) is 11.5 Å². The van der Waals surface area contributed by atoms with Crippen LogP contribution in [0.1, 0.15) is 54.8 Å². The van der Waals surface area contributed by atoms with Crippen LogP contribution in [-0.4, -0.2) is 38.7 Å². The molecule has 0 radical (unpaired) electrons. The van der Waals surface area contributed by atoms with E-state index in [1.807, 2.05) is 18.2 Å². The van der Waals surface area contributed by atoms with Crippen molar-refractivity contribution < 1.29 is 19.0 Å². The lowest BCUT2D eigenvalue weighted by atomic mass is 9.84. The van der Waals surface area contributed by atoms with Crippen molar-refractivity contribution in [2.75, 3.05) is 27.9 Å². The van der Waals surface area contributed by atoms with Crippen molar-refractivity contribution in [3.63, 3.8) is 0 Å². The van der Waals surface area contributed by atoms with Crippen molar-refractivity contribution in [1.29, 1.82) is 0 Å². The van der Waals surface area contributed by atoms with Gasteiger partial charge in [0.2, 0.25) is 5.91 Å². The molecule has 5 heteroatoms. The smallest absolute Gasteiger partial charge is 0.226 e. The average molecular weight is 410 g/mol. The Morgan fingerprint density at radius 3 is 2.20 bits per heavy atom. The van der Waals surface area contributed by atoms with Gasteiger partial charge in [0.25, 0.3) is 0 Å². The number of rotatable bonds is 5. The van der Waals surface area contributed by atoms with Crippen molar-refractivity contribution in [2.45, 2.75) is 44.6 Å². The SMILES string of the molecule is COc1ccc([C@@H]2c3cc(OC)c(OC)cc3CCN2C(=O)C2CCCCC2)cc1. The van der Waals surface area contributed by atoms with E-state index < -0.39 is 0 Å². The molecule has 1 aliphatic heterocycles. The van der Waals surface area contributed by atoms with Gasteiger partial charge in [-0.05, 0) is 60.2 Å². The van der Waals surface area contributed by atoms with Crippen LogP contribution < -0.4 is 14.2 Å². The Labute approximate surface area is 178 Å². The molecule has 0 N–H and O–H groups in total. The highest BCUT2D eigenvalue weighted by Gasteiger charge is 2.36. The monoisotopic (exact) mass is 409 g/mol. The normalized spacial score (nSPS) is 19.2. The fraction of sp³-hybridized carbons (Fsp3) is 0.480. The lowest BCUT2D eigenvalue weighted by Gasteiger charge is -2.40. The zero-order valence-corrected chi connectivity index (χ0v) is 18.1. The minimum Gasteiger partial charge on any atom is -0.497 e. The molecular weight excluding hydrogens is 378 g/mol. The Balaban J connectivity index is 1.78. The van der Waals surface area contributed by atoms with Gasteiger partial charge in [-0.3, -0.25) is 4.79 Å². The Bertz CT molecular complexity index is 887. The third kappa shape index (κ3) is 3.85. The highest BCUT2D eigenvalue weighted by Crippen LogP contribution is 2.42. The molecule has 1 amide bonds. The van der Waals surface area contributed by atoms with Crippen molar-refractivity contribution in [3.8, 4) is 17.2 Å². The second-order valence-electron chi connectivity index (χ2n) is 8.20. The van der Waals surface area contributed by atoms with Crippen molar-refractivity contribution in [2.24, 2.45) is 5.92 Å². The molecule has 30 heavy (non-hydrogen) atoms. The molecule has 2 aliphatic rings. The molecule has 0 unspecified atom stereocenters. The van der Waals surface area contributed by atoms with Crippen LogP contribution in [0.4, 0.5) is 0 Å². The Kier molecular flexibility index (Phi) is 6.16. The van der Waals surface area contributed by atoms with Crippen molar-refractivity contribution in [1.82, 2.24) is 4.90 Å². The molecule has 0 aromatic heterocycles. The second kappa shape index (κ2) is 8.99. The standard InChI is InChI=1S/C25H31NO4/c1-28-20-11-9-17(10-12-20)24-21-16-23(30-3)22(29-2)15-19(21)13-14-26(24)25(27)18-7-5-4-6-8-18/h9-12,15-16,18,24H,4-8,13-14H2,1-3H3/t24-/m1/s1. The lowest BCUT2D eigenvalue weighted by molar-refractivity contribution is -0.138. The minimum absolute atomic E-state index is 0.131. The number of fused-ring (bicyclic) bond motifs is 1. The number of methoxy groups -OCH3 is 3. The van der Waals surface area contributed by atoms with Gasteiger partial charge in [0, 0.05) is 12.5 Å². The predicted octanol–water partition coefficient (Wildman–Crippen LogP) is 4.77. The first-order chi connectivity index (χ1) is 14.7. The van der Waals surface area contributed by atoms with Crippen LogP contribution in [0.25, 0.3) is 0 Å². The van der Waals surface area contributed by atoms with Crippen LogP contribution in [0, 0.1) is 5.92 Å². The number of benzene rings is 2. The molecule has 1 aliphatic carbocycles. The lowest BCUT2D eigenvalue weighted by Crippen LogP contribution is -2.44. The molecule has 160 valence electrons. The van der Waals surface area contributed by atoms with Gasteiger partial charge < -0.3 is 19.1 Å². The molecule has 1 saturated carbocycles. The Morgan fingerprint density at radius 1 is 0.900 bits per heavy atom. The largest absolute Gasteiger partial charge is 0.497 e. The van der Waals surface area contributed by atoms with Gasteiger partial charge in [0.05, 0.1) is 27.4 Å². The molecule has 0 bridgehead atoms. The van der Waals surface area contributed by atoms with Crippen LogP contribution in [0.3, 0.4) is 0 Å². The summed E-state index contributed by atoms with van der Waals surface area (Å²) in [6, 6.07) is 12.0. The van der Waals surface area contributed by atoms with E-state index in [4.69, 9.17) is 14.2 Å². The first kappa shape index (κ1) is 20.6. The van der Waals surface area contributed by atoms with E-state index in [1.54, 1.807) is 21.3 Å². The van der Waals surface area contributed by atoms with Gasteiger partial charge >= 0.3 is 0 Å². The summed E-state index contributed by atoms with van der Waals surface area (Å²) in [6.45, 7) is 0.717. The van der Waals surface area contributed by atoms with E-state index >= 15 is 0 Å². The van der Waals surface area contributed by atoms with E-state index in [0.29, 0.717) is 12.3 Å². The van der Waals surface area contributed by atoms with Crippen LogP contribution in [-0.2, 0) is 11.2 Å². The number of hydrogen-bond acceptors (Lipinski definition) is 4. The van der Waals surface area contributed by atoms with Gasteiger partial charge in [-0.15, -0.1) is 0 Å². The van der Waals surface area contributed by atoms with Gasteiger partial charge in [-0.2, -0.15) is 0 Å². The van der Waals surface area contributed by atoms with E-state index in [-0.39, 0.29) is 17.9 Å². The molecule has 0 spiro atoms. The highest BCUT2D eigenvalue weighted by atomic mass is 16.5. The molecular formula is C25H31NO4. The topological polar surface area (TPSA) is 48.0 Å². The maximum absolute atomic E-state index is 13.6. The molecule has 1 atom stereocenters. The van der Waals surface area contributed by atoms with E-state index in [1.165, 1.54) is 12.0 Å². The summed E-state index contributed by atoms with van der Waals surface area (Å²) < 4.78 is 16.5. The molecule has 1 fully saturated rings. The second-order valence-corrected chi connectivity index (χ2v) is 8.20. The van der Waals surface area contributed by atoms with Crippen molar-refractivity contribution >= 4 is 5.91 Å². The summed E-state index contributed by atoms with van der Waals surface area (Å²) in [5.74, 6) is 2.67. The van der Waals surface area contributed by atoms with Crippen LogP contribution in [0.5, 0.6) is 17.2 Å². The number of carbonyl (C=O) groups excluding carboxylic acids is 1. The number of ether oxygens (including phenoxy) is 3. The Hall–Kier alpha value is -2.69. The van der Waals surface area contributed by atoms with Crippen molar-refractivity contribution in [3.05, 3.63) is 53.1 Å². The highest BCUT2D eigenvalue weighted by molar-refractivity contribution is 5.80. The third-order valence-electron chi connectivity index (χ3n) is 6.54. The number of hydrogen-bond donors (Lipinski definition) is 0. The van der Waals surface area contributed by atoms with E-state index in [0.717, 1.165) is 54.7 Å². The number of nitrogens with zero attached hydrogens (tertiary/aromatic N) is 1. The van der Waals surface area contributed by atoms with Crippen LogP contribution in [0.15, 0.2) is 36.4 Å². The van der Waals surface area contributed by atoms with E-state index in [9.17, 15) is 4.79 Å². The molecule has 1 heterocycles. The summed E-state index contributed by atoms with van der Waals surface area (Å²) in [6.07, 6.45) is 6.37. The van der Waals surface area contributed by atoms with Crippen LogP contribution >= 0.6 is 0 Å². The molecule has 2 aromatic rings. The molecule has 5 nitrogen and oxygen atoms in total. The van der Waals surface area contributed by atoms with E-state index in [2.05, 4.69) is 23.1 Å². The third-order valence-corrected chi connectivity index (χ3v) is 6.54. The quantitative estimate of drug-likeness (QED) is 0.714. The van der Waals surface area contributed by atoms with Crippen LogP contribution in [0.2, 0.25) is 0 Å². The number of amides is 1. The summed E-state index contributed by atoms with van der Waals surface area (Å²) in [7, 11) is 4.98. The summed E-state index contributed by atoms with van der Waals surface area (Å²) in [5, 5.41) is 0. The maximum atomic E-state index is 13.6. The zero-order chi connectivity index (χ0) is 21.1. The predicted molar refractivity (Wildman–Crippen MR) is 116 cm³/mol. The summed E-state index contributed by atoms with van der Waals surface area (Å²) in [4.78, 5) is 15.7. The summed E-state index contributed by atoms with van der Waals surface area (Å²) in [5.41, 5.74) is 3.42. The first-order valence-electron chi connectivity index (χ1n) is 10.9. The zero-order valence-electron chi connectivity index (χ0n) is 18.1. The van der Waals surface area contributed by atoms with Gasteiger partial charge in [-0.1, -0.05) is 31.4 Å². The van der Waals surface area contributed by atoms with Gasteiger partial charge in [0.1, 0.15) is 5.75 Å². The summed E-state index contributed by atoms with van der Waals surface area (Å²) >= 11 is 0. The minimum atomic E-state index is -0.131. The molecule has 2 aromatic carbocycles. The fourth-order valence-corrected chi connectivity index (χ4v) is 4.91. The fourth-order valence-electron chi connectivity index (χ4n) is 4.91.